The van der Waals surface area contributed by atoms with E-state index >= 15 is 0 Å². The molecule has 1 atom stereocenters. The van der Waals surface area contributed by atoms with Crippen LogP contribution in [-0.2, 0) is 4.79 Å². The van der Waals surface area contributed by atoms with E-state index in [2.05, 4.69) is 27.0 Å². The second-order valence-corrected chi connectivity index (χ2v) is 7.94. The van der Waals surface area contributed by atoms with E-state index in [9.17, 15) is 4.79 Å². The summed E-state index contributed by atoms with van der Waals surface area (Å²) in [6.07, 6.45) is 4.43. The summed E-state index contributed by atoms with van der Waals surface area (Å²) in [5.74, 6) is 2.75. The fraction of sp³-hybridized carbons (Fsp3) is 0.667. The molecule has 5 rings (SSSR count). The second kappa shape index (κ2) is 5.90. The topological polar surface area (TPSA) is 69.9 Å². The Labute approximate surface area is 152 Å². The van der Waals surface area contributed by atoms with E-state index in [4.69, 9.17) is 5.10 Å². The number of amides is 1. The number of likely N-dealkylation sites (N-methyl/N-ethyl adjacent to an activating group) is 2. The van der Waals surface area contributed by atoms with Crippen LogP contribution in [0.25, 0.3) is 5.65 Å². The molecule has 2 saturated heterocycles. The van der Waals surface area contributed by atoms with Gasteiger partial charge in [0.25, 0.3) is 0 Å². The smallest absolute Gasteiger partial charge is 0.239 e. The normalized spacial score (nSPS) is 24.6. The van der Waals surface area contributed by atoms with Crippen molar-refractivity contribution in [3.8, 4) is 0 Å². The molecule has 0 radical (unpaired) electrons. The van der Waals surface area contributed by atoms with Gasteiger partial charge in [-0.1, -0.05) is 0 Å². The molecule has 1 unspecified atom stereocenters. The van der Waals surface area contributed by atoms with Crippen molar-refractivity contribution in [3.63, 3.8) is 0 Å². The molecule has 1 saturated carbocycles. The molecule has 1 amide bonds. The van der Waals surface area contributed by atoms with Crippen molar-refractivity contribution in [2.75, 3.05) is 38.6 Å². The minimum Gasteiger partial charge on any atom is -0.352 e. The fourth-order valence-electron chi connectivity index (χ4n) is 4.10. The maximum Gasteiger partial charge on any atom is 0.239 e. The SMILES string of the molecule is CN1CCCC(N(C)C2CN(c3ccc4nnc(C5CC5)n4n3)C2)C1=O. The number of hydrogen-bond donors (Lipinski definition) is 0. The summed E-state index contributed by atoms with van der Waals surface area (Å²) in [5, 5.41) is 13.3. The van der Waals surface area contributed by atoms with Crippen LogP contribution >= 0.6 is 0 Å². The van der Waals surface area contributed by atoms with E-state index in [1.54, 1.807) is 0 Å². The quantitative estimate of drug-likeness (QED) is 0.806. The minimum atomic E-state index is 0.0238. The number of likely N-dealkylation sites (tertiary alicyclic amines) is 1. The van der Waals surface area contributed by atoms with Gasteiger partial charge in [-0.3, -0.25) is 9.69 Å². The lowest BCUT2D eigenvalue weighted by Crippen LogP contribution is -2.64. The molecule has 0 spiro atoms. The number of anilines is 1. The molecule has 138 valence electrons. The van der Waals surface area contributed by atoms with Gasteiger partial charge in [-0.2, -0.15) is 4.52 Å². The summed E-state index contributed by atoms with van der Waals surface area (Å²) in [4.78, 5) is 18.8. The predicted molar refractivity (Wildman–Crippen MR) is 97.2 cm³/mol. The van der Waals surface area contributed by atoms with E-state index in [1.807, 2.05) is 28.6 Å². The molecule has 1 aliphatic carbocycles. The number of rotatable bonds is 4. The molecule has 3 fully saturated rings. The molecule has 0 aromatic carbocycles. The van der Waals surface area contributed by atoms with Crippen molar-refractivity contribution in [2.45, 2.75) is 43.7 Å². The molecular formula is C18H25N7O. The molecule has 3 aliphatic rings. The first-order valence-electron chi connectivity index (χ1n) is 9.56. The molecule has 26 heavy (non-hydrogen) atoms. The molecule has 2 aromatic heterocycles. The van der Waals surface area contributed by atoms with Crippen molar-refractivity contribution in [1.82, 2.24) is 29.6 Å². The summed E-state index contributed by atoms with van der Waals surface area (Å²) in [5.41, 5.74) is 0.820. The van der Waals surface area contributed by atoms with Crippen LogP contribution < -0.4 is 4.90 Å². The van der Waals surface area contributed by atoms with Gasteiger partial charge >= 0.3 is 0 Å². The summed E-state index contributed by atoms with van der Waals surface area (Å²) in [6, 6.07) is 4.45. The van der Waals surface area contributed by atoms with Gasteiger partial charge in [-0.05, 0) is 44.9 Å². The lowest BCUT2D eigenvalue weighted by Gasteiger charge is -2.48. The van der Waals surface area contributed by atoms with Crippen LogP contribution in [0, 0.1) is 0 Å². The molecule has 0 N–H and O–H groups in total. The van der Waals surface area contributed by atoms with Gasteiger partial charge in [0.1, 0.15) is 5.82 Å². The van der Waals surface area contributed by atoms with Gasteiger partial charge in [0, 0.05) is 38.6 Å². The Bertz CT molecular complexity index is 839. The van der Waals surface area contributed by atoms with Crippen LogP contribution in [0.1, 0.15) is 37.4 Å². The van der Waals surface area contributed by atoms with Crippen molar-refractivity contribution < 1.29 is 4.79 Å². The molecule has 2 aliphatic heterocycles. The van der Waals surface area contributed by atoms with Gasteiger partial charge in [0.05, 0.1) is 6.04 Å². The number of fused-ring (bicyclic) bond motifs is 1. The first-order valence-corrected chi connectivity index (χ1v) is 9.56. The fourth-order valence-corrected chi connectivity index (χ4v) is 4.10. The van der Waals surface area contributed by atoms with Crippen molar-refractivity contribution in [2.24, 2.45) is 0 Å². The number of piperidine rings is 1. The maximum atomic E-state index is 12.4. The zero-order chi connectivity index (χ0) is 17.8. The van der Waals surface area contributed by atoms with Gasteiger partial charge in [0.15, 0.2) is 11.5 Å². The third-order valence-corrected chi connectivity index (χ3v) is 6.10. The van der Waals surface area contributed by atoms with Crippen molar-refractivity contribution in [3.05, 3.63) is 18.0 Å². The third-order valence-electron chi connectivity index (χ3n) is 6.10. The summed E-state index contributed by atoms with van der Waals surface area (Å²) < 4.78 is 1.91. The molecule has 4 heterocycles. The number of hydrogen-bond acceptors (Lipinski definition) is 6. The van der Waals surface area contributed by atoms with Crippen molar-refractivity contribution in [1.29, 1.82) is 0 Å². The Hall–Kier alpha value is -2.22. The zero-order valence-corrected chi connectivity index (χ0v) is 15.4. The van der Waals surface area contributed by atoms with E-state index < -0.39 is 0 Å². The Morgan fingerprint density at radius 1 is 1.15 bits per heavy atom. The highest BCUT2D eigenvalue weighted by atomic mass is 16.2. The predicted octanol–water partition coefficient (Wildman–Crippen LogP) is 0.743. The Balaban J connectivity index is 1.28. The number of carbonyl (C=O) groups is 1. The summed E-state index contributed by atoms with van der Waals surface area (Å²) in [6.45, 7) is 2.69. The Morgan fingerprint density at radius 3 is 2.73 bits per heavy atom. The molecule has 0 bridgehead atoms. The van der Waals surface area contributed by atoms with E-state index in [-0.39, 0.29) is 11.9 Å². The highest BCUT2D eigenvalue weighted by Gasteiger charge is 2.39. The number of aromatic nitrogens is 4. The van der Waals surface area contributed by atoms with Gasteiger partial charge in [-0.25, -0.2) is 0 Å². The highest BCUT2D eigenvalue weighted by molar-refractivity contribution is 5.82. The van der Waals surface area contributed by atoms with Crippen LogP contribution in [0.4, 0.5) is 5.82 Å². The van der Waals surface area contributed by atoms with Crippen LogP contribution in [-0.4, -0.2) is 81.3 Å². The summed E-state index contributed by atoms with van der Waals surface area (Å²) in [7, 11) is 4.00. The van der Waals surface area contributed by atoms with Crippen LogP contribution in [0.2, 0.25) is 0 Å². The Morgan fingerprint density at radius 2 is 1.96 bits per heavy atom. The lowest BCUT2D eigenvalue weighted by molar-refractivity contribution is -0.139. The molecule has 8 nitrogen and oxygen atoms in total. The lowest BCUT2D eigenvalue weighted by atomic mass is 9.99. The minimum absolute atomic E-state index is 0.0238. The standard InChI is InChI=1S/C18H25N7O/c1-22-9-3-4-14(18(22)26)23(2)13-10-24(11-13)16-8-7-15-19-20-17(12-5-6-12)25(15)21-16/h7-8,12-14H,3-6,9-11H2,1-2H3. The van der Waals surface area contributed by atoms with E-state index in [1.165, 1.54) is 12.8 Å². The molecule has 2 aromatic rings. The third kappa shape index (κ3) is 2.55. The van der Waals surface area contributed by atoms with Gasteiger partial charge < -0.3 is 9.80 Å². The molecular weight excluding hydrogens is 330 g/mol. The van der Waals surface area contributed by atoms with E-state index in [0.717, 1.165) is 49.8 Å². The van der Waals surface area contributed by atoms with Crippen LogP contribution in [0.15, 0.2) is 12.1 Å². The average molecular weight is 355 g/mol. The van der Waals surface area contributed by atoms with E-state index in [0.29, 0.717) is 12.0 Å². The maximum absolute atomic E-state index is 12.4. The highest BCUT2D eigenvalue weighted by Crippen LogP contribution is 2.39. The number of nitrogens with zero attached hydrogens (tertiary/aromatic N) is 7. The van der Waals surface area contributed by atoms with Gasteiger partial charge in [0.2, 0.25) is 5.91 Å². The monoisotopic (exact) mass is 355 g/mol. The first kappa shape index (κ1) is 16.0. The Kier molecular flexibility index (Phi) is 3.63. The largest absolute Gasteiger partial charge is 0.352 e. The van der Waals surface area contributed by atoms with Crippen molar-refractivity contribution >= 4 is 17.4 Å². The van der Waals surface area contributed by atoms with Crippen LogP contribution in [0.3, 0.4) is 0 Å². The second-order valence-electron chi connectivity index (χ2n) is 7.94. The average Bonchev–Trinajstić information content (AvgIpc) is 3.35. The van der Waals surface area contributed by atoms with Gasteiger partial charge in [-0.15, -0.1) is 15.3 Å². The number of carbonyl (C=O) groups excluding carboxylic acids is 1. The first-order chi connectivity index (χ1) is 12.6. The molecule has 8 heteroatoms. The van der Waals surface area contributed by atoms with Crippen LogP contribution in [0.5, 0.6) is 0 Å². The summed E-state index contributed by atoms with van der Waals surface area (Å²) >= 11 is 0. The zero-order valence-electron chi connectivity index (χ0n) is 15.4.